The predicted octanol–water partition coefficient (Wildman–Crippen LogP) is 3.00. The zero-order valence-corrected chi connectivity index (χ0v) is 15.7. The molecule has 0 aromatic heterocycles. The lowest BCUT2D eigenvalue weighted by Gasteiger charge is -2.20. The quantitative estimate of drug-likeness (QED) is 0.543. The number of sulfonamides is 1. The Bertz CT molecular complexity index is 831. The molecule has 0 atom stereocenters. The van der Waals surface area contributed by atoms with E-state index in [1.54, 1.807) is 24.3 Å². The van der Waals surface area contributed by atoms with Gasteiger partial charge in [0.25, 0.3) is 5.91 Å². The molecule has 0 bridgehead atoms. The third kappa shape index (κ3) is 5.74. The Kier molecular flexibility index (Phi) is 6.97. The number of rotatable bonds is 9. The molecule has 2 rings (SSSR count). The Morgan fingerprint density at radius 3 is 2.35 bits per heavy atom. The van der Waals surface area contributed by atoms with Crippen LogP contribution in [0.5, 0.6) is 0 Å². The molecular formula is C20H24N2O3S. The number of carbonyl (C=O) groups excluding carboxylic acids is 1. The van der Waals surface area contributed by atoms with E-state index in [1.165, 1.54) is 15.9 Å². The summed E-state index contributed by atoms with van der Waals surface area (Å²) in [6.45, 7) is 4.35. The lowest BCUT2D eigenvalue weighted by molar-refractivity contribution is 0.0953. The van der Waals surface area contributed by atoms with Crippen molar-refractivity contribution >= 4 is 21.6 Å². The first-order chi connectivity index (χ1) is 12.4. The lowest BCUT2D eigenvalue weighted by Crippen LogP contribution is -2.30. The zero-order valence-electron chi connectivity index (χ0n) is 14.9. The summed E-state index contributed by atoms with van der Waals surface area (Å²) < 4.78 is 24.9. The number of hydrogen-bond acceptors (Lipinski definition) is 3. The minimum atomic E-state index is -3.40. The van der Waals surface area contributed by atoms with Crippen LogP contribution in [-0.2, 0) is 16.4 Å². The van der Waals surface area contributed by atoms with Gasteiger partial charge in [-0.25, -0.2) is 8.42 Å². The summed E-state index contributed by atoms with van der Waals surface area (Å²) in [5.41, 5.74) is 2.25. The molecule has 0 radical (unpaired) electrons. The molecule has 0 aliphatic heterocycles. The number of carbonyl (C=O) groups is 1. The highest BCUT2D eigenvalue weighted by Gasteiger charge is 2.16. The second-order valence-electron chi connectivity index (χ2n) is 5.97. The summed E-state index contributed by atoms with van der Waals surface area (Å²) in [4.78, 5) is 12.2. The van der Waals surface area contributed by atoms with E-state index in [1.807, 2.05) is 18.2 Å². The first-order valence-electron chi connectivity index (χ1n) is 8.42. The van der Waals surface area contributed by atoms with Gasteiger partial charge in [0.15, 0.2) is 0 Å². The van der Waals surface area contributed by atoms with Gasteiger partial charge in [-0.05, 0) is 42.7 Å². The number of aryl methyl sites for hydroxylation is 1. The number of amides is 1. The van der Waals surface area contributed by atoms with E-state index in [-0.39, 0.29) is 12.5 Å². The molecule has 0 saturated heterocycles. The highest BCUT2D eigenvalue weighted by molar-refractivity contribution is 7.92. The molecule has 0 saturated carbocycles. The summed E-state index contributed by atoms with van der Waals surface area (Å²) >= 11 is 0. The molecule has 1 amide bonds. The second kappa shape index (κ2) is 9.20. The molecular weight excluding hydrogens is 348 g/mol. The fourth-order valence-corrected chi connectivity index (χ4v) is 3.45. The molecule has 26 heavy (non-hydrogen) atoms. The molecule has 0 unspecified atom stereocenters. The van der Waals surface area contributed by atoms with E-state index in [0.29, 0.717) is 17.8 Å². The standard InChI is InChI=1S/C20H24N2O3S/c1-3-16-22(26(2,24)25)19-13-11-18(12-14-19)20(23)21-15-7-10-17-8-5-4-6-9-17/h3-6,8-9,11-14H,1,7,10,15-16H2,2H3,(H,21,23). The van der Waals surface area contributed by atoms with Crippen molar-refractivity contribution in [1.82, 2.24) is 5.32 Å². The Morgan fingerprint density at radius 1 is 1.12 bits per heavy atom. The van der Waals surface area contributed by atoms with Crippen LogP contribution in [0, 0.1) is 0 Å². The van der Waals surface area contributed by atoms with E-state index >= 15 is 0 Å². The Morgan fingerprint density at radius 2 is 1.77 bits per heavy atom. The normalized spacial score (nSPS) is 11.0. The van der Waals surface area contributed by atoms with Gasteiger partial charge >= 0.3 is 0 Å². The molecule has 0 heterocycles. The van der Waals surface area contributed by atoms with Crippen LogP contribution in [0.1, 0.15) is 22.3 Å². The molecule has 1 N–H and O–H groups in total. The SMILES string of the molecule is C=CCN(c1ccc(C(=O)NCCCc2ccccc2)cc1)S(C)(=O)=O. The molecule has 6 heteroatoms. The average molecular weight is 372 g/mol. The fourth-order valence-electron chi connectivity index (χ4n) is 2.57. The van der Waals surface area contributed by atoms with Crippen LogP contribution in [0.25, 0.3) is 0 Å². The Balaban J connectivity index is 1.90. The number of hydrogen-bond donors (Lipinski definition) is 1. The van der Waals surface area contributed by atoms with E-state index in [2.05, 4.69) is 24.0 Å². The van der Waals surface area contributed by atoms with Gasteiger partial charge in [-0.1, -0.05) is 36.4 Å². The van der Waals surface area contributed by atoms with Crippen molar-refractivity contribution in [2.24, 2.45) is 0 Å². The minimum Gasteiger partial charge on any atom is -0.352 e. The molecule has 138 valence electrons. The highest BCUT2D eigenvalue weighted by Crippen LogP contribution is 2.18. The van der Waals surface area contributed by atoms with Gasteiger partial charge in [0.05, 0.1) is 18.5 Å². The number of nitrogens with zero attached hydrogens (tertiary/aromatic N) is 1. The minimum absolute atomic E-state index is 0.167. The first kappa shape index (κ1) is 19.7. The Hall–Kier alpha value is -2.60. The van der Waals surface area contributed by atoms with Crippen molar-refractivity contribution in [3.05, 3.63) is 78.4 Å². The number of benzene rings is 2. The molecule has 2 aromatic rings. The largest absolute Gasteiger partial charge is 0.352 e. The smallest absolute Gasteiger partial charge is 0.251 e. The van der Waals surface area contributed by atoms with Crippen molar-refractivity contribution < 1.29 is 13.2 Å². The maximum atomic E-state index is 12.2. The highest BCUT2D eigenvalue weighted by atomic mass is 32.2. The van der Waals surface area contributed by atoms with Gasteiger partial charge in [0, 0.05) is 12.1 Å². The van der Waals surface area contributed by atoms with Crippen molar-refractivity contribution in [1.29, 1.82) is 0 Å². The maximum absolute atomic E-state index is 12.2. The van der Waals surface area contributed by atoms with E-state index in [0.717, 1.165) is 19.1 Å². The van der Waals surface area contributed by atoms with Crippen LogP contribution in [0.4, 0.5) is 5.69 Å². The molecule has 0 spiro atoms. The van der Waals surface area contributed by atoms with Crippen LogP contribution >= 0.6 is 0 Å². The molecule has 0 aliphatic carbocycles. The van der Waals surface area contributed by atoms with Gasteiger partial charge < -0.3 is 5.32 Å². The monoisotopic (exact) mass is 372 g/mol. The van der Waals surface area contributed by atoms with Gasteiger partial charge in [0.2, 0.25) is 10.0 Å². The van der Waals surface area contributed by atoms with Crippen molar-refractivity contribution in [2.75, 3.05) is 23.7 Å². The average Bonchev–Trinajstić information content (AvgIpc) is 2.63. The van der Waals surface area contributed by atoms with Gasteiger partial charge in [-0.3, -0.25) is 9.10 Å². The third-order valence-corrected chi connectivity index (χ3v) is 5.04. The molecule has 2 aromatic carbocycles. The summed E-state index contributed by atoms with van der Waals surface area (Å²) in [7, 11) is -3.40. The van der Waals surface area contributed by atoms with E-state index < -0.39 is 10.0 Å². The van der Waals surface area contributed by atoms with Crippen molar-refractivity contribution in [3.8, 4) is 0 Å². The molecule has 5 nitrogen and oxygen atoms in total. The van der Waals surface area contributed by atoms with Gasteiger partial charge in [-0.2, -0.15) is 0 Å². The van der Waals surface area contributed by atoms with Crippen LogP contribution in [0.3, 0.4) is 0 Å². The van der Waals surface area contributed by atoms with Crippen LogP contribution in [-0.4, -0.2) is 33.7 Å². The van der Waals surface area contributed by atoms with E-state index in [9.17, 15) is 13.2 Å². The summed E-state index contributed by atoms with van der Waals surface area (Å²) in [6, 6.07) is 16.6. The zero-order chi connectivity index (χ0) is 19.0. The maximum Gasteiger partial charge on any atom is 0.251 e. The van der Waals surface area contributed by atoms with Crippen molar-refractivity contribution in [3.63, 3.8) is 0 Å². The summed E-state index contributed by atoms with van der Waals surface area (Å²) in [5.74, 6) is -0.167. The van der Waals surface area contributed by atoms with Crippen molar-refractivity contribution in [2.45, 2.75) is 12.8 Å². The summed E-state index contributed by atoms with van der Waals surface area (Å²) in [5, 5.41) is 2.89. The summed E-state index contributed by atoms with van der Waals surface area (Å²) in [6.07, 6.45) is 4.43. The second-order valence-corrected chi connectivity index (χ2v) is 7.88. The van der Waals surface area contributed by atoms with Crippen LogP contribution in [0.2, 0.25) is 0 Å². The lowest BCUT2D eigenvalue weighted by atomic mass is 10.1. The third-order valence-electron chi connectivity index (χ3n) is 3.88. The molecule has 0 aliphatic rings. The number of nitrogens with one attached hydrogen (secondary N) is 1. The number of anilines is 1. The van der Waals surface area contributed by atoms with Crippen LogP contribution < -0.4 is 9.62 Å². The fraction of sp³-hybridized carbons (Fsp3) is 0.250. The predicted molar refractivity (Wildman–Crippen MR) is 106 cm³/mol. The molecule has 0 fully saturated rings. The van der Waals surface area contributed by atoms with Gasteiger partial charge in [0.1, 0.15) is 0 Å². The Labute approximate surface area is 155 Å². The van der Waals surface area contributed by atoms with E-state index in [4.69, 9.17) is 0 Å². The van der Waals surface area contributed by atoms with Gasteiger partial charge in [-0.15, -0.1) is 6.58 Å². The first-order valence-corrected chi connectivity index (χ1v) is 10.3. The van der Waals surface area contributed by atoms with Crippen LogP contribution in [0.15, 0.2) is 67.3 Å². The topological polar surface area (TPSA) is 66.5 Å².